The van der Waals surface area contributed by atoms with Crippen molar-refractivity contribution in [1.82, 2.24) is 5.32 Å². The Morgan fingerprint density at radius 3 is 2.59 bits per heavy atom. The number of nitrogens with one attached hydrogen (secondary N) is 1. The van der Waals surface area contributed by atoms with Gasteiger partial charge in [-0.1, -0.05) is 26.2 Å². The maximum absolute atomic E-state index is 11.3. The minimum atomic E-state index is -1.36. The second kappa shape index (κ2) is 9.03. The minimum absolute atomic E-state index is 0.155. The molecule has 0 spiro atoms. The average Bonchev–Trinajstić information content (AvgIpc) is 2.48. The van der Waals surface area contributed by atoms with Crippen LogP contribution in [-0.2, 0) is 9.53 Å². The Hall–Kier alpha value is -0.400. The first kappa shape index (κ1) is 19.6. The van der Waals surface area contributed by atoms with Crippen molar-refractivity contribution >= 4 is 17.5 Å². The van der Waals surface area contributed by atoms with E-state index < -0.39 is 35.8 Å². The van der Waals surface area contributed by atoms with Crippen LogP contribution in [0.2, 0.25) is 0 Å². The van der Waals surface area contributed by atoms with Crippen molar-refractivity contribution in [2.45, 2.75) is 75.2 Å². The lowest BCUT2D eigenvalue weighted by Gasteiger charge is -2.46. The third-order valence-electron chi connectivity index (χ3n) is 4.13. The van der Waals surface area contributed by atoms with Gasteiger partial charge in [0.25, 0.3) is 0 Å². The summed E-state index contributed by atoms with van der Waals surface area (Å²) in [5.74, 6) is -0.318. The molecule has 0 heterocycles. The normalized spacial score (nSPS) is 35.4. The van der Waals surface area contributed by atoms with Crippen molar-refractivity contribution in [1.29, 1.82) is 0 Å². The molecule has 6 nitrogen and oxygen atoms in total. The summed E-state index contributed by atoms with van der Waals surface area (Å²) < 4.78 is 5.78. The molecule has 1 rings (SSSR count). The fourth-order valence-corrected chi connectivity index (χ4v) is 3.08. The number of hydrogen-bond acceptors (Lipinski definition) is 5. The van der Waals surface area contributed by atoms with Gasteiger partial charge in [-0.3, -0.25) is 4.79 Å². The first-order chi connectivity index (χ1) is 10.4. The predicted octanol–water partition coefficient (Wildman–Crippen LogP) is 0.552. The number of carbonyl (C=O) groups is 1. The molecule has 5 atom stereocenters. The van der Waals surface area contributed by atoms with E-state index in [9.17, 15) is 20.1 Å². The van der Waals surface area contributed by atoms with Crippen LogP contribution in [0, 0.1) is 0 Å². The van der Waals surface area contributed by atoms with Gasteiger partial charge in [-0.05, 0) is 12.8 Å². The Morgan fingerprint density at radius 1 is 1.36 bits per heavy atom. The van der Waals surface area contributed by atoms with E-state index in [2.05, 4.69) is 12.2 Å². The molecule has 0 saturated heterocycles. The minimum Gasteiger partial charge on any atom is -0.394 e. The average molecular weight is 338 g/mol. The molecule has 1 saturated carbocycles. The molecule has 130 valence electrons. The Bertz CT molecular complexity index is 357. The number of alkyl halides is 1. The molecular formula is C15H28ClNO5. The summed E-state index contributed by atoms with van der Waals surface area (Å²) in [5.41, 5.74) is 0. The van der Waals surface area contributed by atoms with Gasteiger partial charge >= 0.3 is 0 Å². The highest BCUT2D eigenvalue weighted by Gasteiger charge is 2.52. The van der Waals surface area contributed by atoms with Gasteiger partial charge < -0.3 is 25.4 Å². The number of amides is 1. The van der Waals surface area contributed by atoms with Crippen molar-refractivity contribution in [3.05, 3.63) is 0 Å². The molecule has 22 heavy (non-hydrogen) atoms. The molecule has 0 aliphatic heterocycles. The third kappa shape index (κ3) is 5.06. The molecule has 1 fully saturated rings. The van der Waals surface area contributed by atoms with Crippen LogP contribution < -0.4 is 5.32 Å². The number of hydrogen-bond donors (Lipinski definition) is 4. The van der Waals surface area contributed by atoms with Crippen LogP contribution in [-0.4, -0.2) is 63.7 Å². The van der Waals surface area contributed by atoms with Crippen LogP contribution in [0.25, 0.3) is 0 Å². The van der Waals surface area contributed by atoms with Crippen LogP contribution in [0.5, 0.6) is 0 Å². The molecule has 1 amide bonds. The topological polar surface area (TPSA) is 99.0 Å². The first-order valence-electron chi connectivity index (χ1n) is 7.90. The molecule has 0 bridgehead atoms. The second-order valence-corrected chi connectivity index (χ2v) is 6.78. The van der Waals surface area contributed by atoms with Crippen molar-refractivity contribution < 1.29 is 24.9 Å². The van der Waals surface area contributed by atoms with Gasteiger partial charge in [0.15, 0.2) is 0 Å². The zero-order valence-electron chi connectivity index (χ0n) is 13.3. The van der Waals surface area contributed by atoms with Crippen molar-refractivity contribution in [3.63, 3.8) is 0 Å². The summed E-state index contributed by atoms with van der Waals surface area (Å²) in [6, 6.07) is -0.739. The van der Waals surface area contributed by atoms with E-state index in [1.807, 2.05) is 0 Å². The summed E-state index contributed by atoms with van der Waals surface area (Å²) >= 11 is 6.21. The van der Waals surface area contributed by atoms with Crippen LogP contribution in [0.1, 0.15) is 46.0 Å². The quantitative estimate of drug-likeness (QED) is 0.383. The number of rotatable bonds is 8. The molecule has 0 aromatic rings. The van der Waals surface area contributed by atoms with Gasteiger partial charge in [0.1, 0.15) is 12.2 Å². The zero-order valence-corrected chi connectivity index (χ0v) is 14.1. The molecule has 1 aliphatic rings. The Labute approximate surface area is 136 Å². The monoisotopic (exact) mass is 337 g/mol. The van der Waals surface area contributed by atoms with E-state index in [-0.39, 0.29) is 12.3 Å². The number of aliphatic hydroxyl groups excluding tert-OH is 3. The largest absolute Gasteiger partial charge is 0.394 e. The fourth-order valence-electron chi connectivity index (χ4n) is 2.80. The van der Waals surface area contributed by atoms with Crippen LogP contribution in [0.15, 0.2) is 0 Å². The third-order valence-corrected chi connectivity index (χ3v) is 4.62. The zero-order chi connectivity index (χ0) is 16.8. The standard InChI is InChI=1S/C15H28ClNO5/c1-3-4-5-6-7-22-11-8-15(16,9-18)14(21)13(20)12(11)17-10(2)19/h11-14,18,20-21H,3-9H2,1-2H3,(H,17,19)/t11-,12-,13+,14-,15-/m0/s1. The second-order valence-electron chi connectivity index (χ2n) is 6.03. The number of ether oxygens (including phenoxy) is 1. The Kier molecular flexibility index (Phi) is 8.07. The van der Waals surface area contributed by atoms with E-state index in [0.29, 0.717) is 6.61 Å². The lowest BCUT2D eigenvalue weighted by atomic mass is 9.79. The summed E-state index contributed by atoms with van der Waals surface area (Å²) in [7, 11) is 0. The molecular weight excluding hydrogens is 310 g/mol. The first-order valence-corrected chi connectivity index (χ1v) is 8.28. The molecule has 7 heteroatoms. The van der Waals surface area contributed by atoms with Gasteiger partial charge in [-0.15, -0.1) is 11.6 Å². The van der Waals surface area contributed by atoms with Crippen LogP contribution in [0.4, 0.5) is 0 Å². The fraction of sp³-hybridized carbons (Fsp3) is 0.933. The van der Waals surface area contributed by atoms with Crippen molar-refractivity contribution in [2.75, 3.05) is 13.2 Å². The van der Waals surface area contributed by atoms with Gasteiger partial charge in [-0.25, -0.2) is 0 Å². The molecule has 0 aromatic heterocycles. The summed E-state index contributed by atoms with van der Waals surface area (Å²) in [4.78, 5) is 9.96. The molecule has 4 N–H and O–H groups in total. The summed E-state index contributed by atoms with van der Waals surface area (Å²) in [6.45, 7) is 3.47. The van der Waals surface area contributed by atoms with E-state index in [1.165, 1.54) is 6.92 Å². The highest BCUT2D eigenvalue weighted by Crippen LogP contribution is 2.36. The van der Waals surface area contributed by atoms with Gasteiger partial charge in [0.2, 0.25) is 5.91 Å². The Balaban J connectivity index is 2.71. The number of carbonyl (C=O) groups excluding carboxylic acids is 1. The Morgan fingerprint density at radius 2 is 2.05 bits per heavy atom. The molecule has 0 radical (unpaired) electrons. The lowest BCUT2D eigenvalue weighted by molar-refractivity contribution is -0.137. The van der Waals surface area contributed by atoms with E-state index in [1.54, 1.807) is 0 Å². The molecule has 1 aliphatic carbocycles. The van der Waals surface area contributed by atoms with Gasteiger partial charge in [0.05, 0.1) is 23.6 Å². The number of unbranched alkanes of at least 4 members (excludes halogenated alkanes) is 3. The maximum atomic E-state index is 11.3. The predicted molar refractivity (Wildman–Crippen MR) is 83.8 cm³/mol. The number of halogens is 1. The molecule has 0 aromatic carbocycles. The maximum Gasteiger partial charge on any atom is 0.217 e. The highest BCUT2D eigenvalue weighted by atomic mass is 35.5. The van der Waals surface area contributed by atoms with E-state index >= 15 is 0 Å². The van der Waals surface area contributed by atoms with Gasteiger partial charge in [0, 0.05) is 13.5 Å². The van der Waals surface area contributed by atoms with Gasteiger partial charge in [-0.2, -0.15) is 0 Å². The van der Waals surface area contributed by atoms with Crippen LogP contribution in [0.3, 0.4) is 0 Å². The summed E-state index contributed by atoms with van der Waals surface area (Å²) in [5, 5.41) is 32.3. The highest BCUT2D eigenvalue weighted by molar-refractivity contribution is 6.24. The lowest BCUT2D eigenvalue weighted by Crippen LogP contribution is -2.66. The van der Waals surface area contributed by atoms with Crippen LogP contribution >= 0.6 is 11.6 Å². The summed E-state index contributed by atoms with van der Waals surface area (Å²) in [6.07, 6.45) is 1.16. The van der Waals surface area contributed by atoms with E-state index in [4.69, 9.17) is 16.3 Å². The van der Waals surface area contributed by atoms with Crippen molar-refractivity contribution in [2.24, 2.45) is 0 Å². The molecule has 0 unspecified atom stereocenters. The number of aliphatic hydroxyl groups is 3. The smallest absolute Gasteiger partial charge is 0.217 e. The van der Waals surface area contributed by atoms with Crippen molar-refractivity contribution in [3.8, 4) is 0 Å². The SMILES string of the molecule is CCCCCCO[C@H]1C[C@](Cl)(CO)[C@@H](O)[C@H](O)[C@H]1NC(C)=O. The van der Waals surface area contributed by atoms with E-state index in [0.717, 1.165) is 25.7 Å².